The molecule has 6 nitrogen and oxygen atoms in total. The summed E-state index contributed by atoms with van der Waals surface area (Å²) < 4.78 is 120. The van der Waals surface area contributed by atoms with Crippen LogP contribution in [0.5, 0.6) is 0 Å². The zero-order valence-electron chi connectivity index (χ0n) is 19.5. The van der Waals surface area contributed by atoms with E-state index in [9.17, 15) is 39.6 Å². The van der Waals surface area contributed by atoms with Crippen molar-refractivity contribution in [1.29, 1.82) is 0 Å². The molecule has 13 heteroatoms. The Morgan fingerprint density at radius 3 is 1.76 bits per heavy atom. The molecule has 0 saturated carbocycles. The van der Waals surface area contributed by atoms with Crippen LogP contribution in [0.15, 0.2) is 24.3 Å². The smallest absolute Gasteiger partial charge is 0.429 e. The molecule has 2 unspecified atom stereocenters. The lowest BCUT2D eigenvalue weighted by molar-refractivity contribution is -0.377. The summed E-state index contributed by atoms with van der Waals surface area (Å²) in [4.78, 5) is 11.9. The maximum atomic E-state index is 13.9. The van der Waals surface area contributed by atoms with E-state index in [4.69, 9.17) is 0 Å². The first-order chi connectivity index (χ1) is 15.2. The van der Waals surface area contributed by atoms with E-state index in [0.717, 1.165) is 19.2 Å². The molecule has 1 rings (SSSR count). The molecule has 1 aromatic rings. The predicted molar refractivity (Wildman–Crippen MR) is 111 cm³/mol. The average molecular weight is 523 g/mol. The van der Waals surface area contributed by atoms with E-state index in [1.807, 2.05) is 0 Å². The Morgan fingerprint density at radius 1 is 0.941 bits per heavy atom. The lowest BCUT2D eigenvalue weighted by atomic mass is 9.88. The zero-order valence-corrected chi connectivity index (χ0v) is 20.3. The van der Waals surface area contributed by atoms with Gasteiger partial charge in [0.2, 0.25) is 0 Å². The van der Waals surface area contributed by atoms with Crippen LogP contribution >= 0.6 is 0 Å². The highest BCUT2D eigenvalue weighted by Gasteiger charge is 2.75. The highest BCUT2D eigenvalue weighted by Crippen LogP contribution is 2.53. The molecule has 0 aromatic heterocycles. The first kappa shape index (κ1) is 30.0. The number of rotatable bonds is 8. The monoisotopic (exact) mass is 522 g/mol. The number of carbonyl (C=O) groups is 1. The standard InChI is InChI=1S/C21H28F6O6S/c1-7-16(34(29,30)31-6)12-13(2)14-8-10-15(11-9-14)19(20(22,23)24,21(25,26)27)33-17(28)32-18(3,4)5/h8-11,13,16H,7,12H2,1-6H3. The quantitative estimate of drug-likeness (QED) is 0.230. The number of benzene rings is 1. The number of halogens is 6. The summed E-state index contributed by atoms with van der Waals surface area (Å²) in [6, 6.07) is 3.08. The van der Waals surface area contributed by atoms with Gasteiger partial charge in [-0.1, -0.05) is 38.1 Å². The summed E-state index contributed by atoms with van der Waals surface area (Å²) in [5.41, 5.74) is -7.48. The van der Waals surface area contributed by atoms with E-state index in [0.29, 0.717) is 12.1 Å². The summed E-state index contributed by atoms with van der Waals surface area (Å²) in [5.74, 6) is -0.554. The molecule has 0 N–H and O–H groups in total. The highest BCUT2D eigenvalue weighted by atomic mass is 32.2. The predicted octanol–water partition coefficient (Wildman–Crippen LogP) is 6.21. The van der Waals surface area contributed by atoms with Gasteiger partial charge in [-0.25, -0.2) is 4.79 Å². The van der Waals surface area contributed by atoms with Gasteiger partial charge < -0.3 is 9.47 Å². The fraction of sp³-hybridized carbons (Fsp3) is 0.667. The third kappa shape index (κ3) is 6.77. The van der Waals surface area contributed by atoms with E-state index < -0.39 is 56.6 Å². The number of alkyl halides is 6. The summed E-state index contributed by atoms with van der Waals surface area (Å²) in [7, 11) is -2.88. The fourth-order valence-corrected chi connectivity index (χ4v) is 4.46. The molecule has 2 atom stereocenters. The van der Waals surface area contributed by atoms with Gasteiger partial charge in [0.05, 0.1) is 12.4 Å². The molecule has 0 heterocycles. The van der Waals surface area contributed by atoms with E-state index >= 15 is 0 Å². The highest BCUT2D eigenvalue weighted by molar-refractivity contribution is 7.87. The van der Waals surface area contributed by atoms with Crippen molar-refractivity contribution < 1.29 is 53.2 Å². The normalized spacial score (nSPS) is 15.5. The molecule has 1 aromatic carbocycles. The molecular weight excluding hydrogens is 494 g/mol. The maximum absolute atomic E-state index is 13.9. The van der Waals surface area contributed by atoms with Crippen molar-refractivity contribution in [3.05, 3.63) is 35.4 Å². The molecule has 0 saturated heterocycles. The van der Waals surface area contributed by atoms with Crippen LogP contribution in [0.4, 0.5) is 31.1 Å². The SMILES string of the molecule is CCC(CC(C)c1ccc(C(OC(=O)OC(C)(C)C)(C(F)(F)F)C(F)(F)F)cc1)S(=O)(=O)OC. The number of ether oxygens (including phenoxy) is 2. The van der Waals surface area contributed by atoms with E-state index in [-0.39, 0.29) is 18.4 Å². The summed E-state index contributed by atoms with van der Waals surface area (Å²) in [5, 5.41) is -0.924. The Kier molecular flexibility index (Phi) is 9.10. The van der Waals surface area contributed by atoms with Crippen molar-refractivity contribution in [1.82, 2.24) is 0 Å². The van der Waals surface area contributed by atoms with Crippen LogP contribution in [0.3, 0.4) is 0 Å². The largest absolute Gasteiger partial charge is 0.510 e. The van der Waals surface area contributed by atoms with Crippen molar-refractivity contribution in [3.63, 3.8) is 0 Å². The lowest BCUT2D eigenvalue weighted by Crippen LogP contribution is -2.57. The van der Waals surface area contributed by atoms with E-state index in [1.165, 1.54) is 20.8 Å². The molecule has 0 bridgehead atoms. The molecule has 0 amide bonds. The molecule has 0 aliphatic carbocycles. The van der Waals surface area contributed by atoms with Crippen molar-refractivity contribution in [2.75, 3.05) is 7.11 Å². The molecule has 0 spiro atoms. The van der Waals surface area contributed by atoms with Crippen molar-refractivity contribution in [2.24, 2.45) is 0 Å². The van der Waals surface area contributed by atoms with Crippen LogP contribution in [-0.2, 0) is 29.4 Å². The minimum absolute atomic E-state index is 0.0180. The maximum Gasteiger partial charge on any atom is 0.510 e. The van der Waals surface area contributed by atoms with Crippen LogP contribution in [0.2, 0.25) is 0 Å². The minimum atomic E-state index is -6.07. The van der Waals surface area contributed by atoms with Gasteiger partial charge in [0, 0.05) is 5.56 Å². The van der Waals surface area contributed by atoms with Gasteiger partial charge in [0.1, 0.15) is 5.60 Å². The van der Waals surface area contributed by atoms with Crippen LogP contribution < -0.4 is 0 Å². The number of carbonyl (C=O) groups excluding carboxylic acids is 1. The molecule has 0 fully saturated rings. The minimum Gasteiger partial charge on any atom is -0.429 e. The Morgan fingerprint density at radius 2 is 1.41 bits per heavy atom. The van der Waals surface area contributed by atoms with Gasteiger partial charge in [-0.3, -0.25) is 4.18 Å². The third-order valence-electron chi connectivity index (χ3n) is 5.02. The second-order valence-electron chi connectivity index (χ2n) is 8.69. The number of hydrogen-bond donors (Lipinski definition) is 0. The van der Waals surface area contributed by atoms with Gasteiger partial charge in [0.15, 0.2) is 0 Å². The molecule has 0 aliphatic heterocycles. The molecule has 0 aliphatic rings. The Balaban J connectivity index is 3.44. The zero-order chi connectivity index (χ0) is 26.8. The van der Waals surface area contributed by atoms with Crippen LogP contribution in [0, 0.1) is 0 Å². The van der Waals surface area contributed by atoms with Gasteiger partial charge in [-0.2, -0.15) is 34.8 Å². The second-order valence-corrected chi connectivity index (χ2v) is 10.7. The summed E-state index contributed by atoms with van der Waals surface area (Å²) in [6.07, 6.45) is -14.1. The van der Waals surface area contributed by atoms with Crippen molar-refractivity contribution >= 4 is 16.3 Å². The first-order valence-corrected chi connectivity index (χ1v) is 11.6. The number of hydrogen-bond acceptors (Lipinski definition) is 6. The van der Waals surface area contributed by atoms with E-state index in [1.54, 1.807) is 13.8 Å². The second kappa shape index (κ2) is 10.3. The molecule has 0 radical (unpaired) electrons. The molecular formula is C21H28F6O6S. The van der Waals surface area contributed by atoms with Gasteiger partial charge in [-0.15, -0.1) is 0 Å². The third-order valence-corrected chi connectivity index (χ3v) is 6.83. The van der Waals surface area contributed by atoms with Gasteiger partial charge >= 0.3 is 24.1 Å². The fourth-order valence-electron chi connectivity index (χ4n) is 3.26. The summed E-state index contributed by atoms with van der Waals surface area (Å²) in [6.45, 7) is 6.93. The molecule has 196 valence electrons. The van der Waals surface area contributed by atoms with Crippen molar-refractivity contribution in [3.8, 4) is 0 Å². The van der Waals surface area contributed by atoms with Gasteiger partial charge in [-0.05, 0) is 45.1 Å². The average Bonchev–Trinajstić information content (AvgIpc) is 2.66. The Bertz CT molecular complexity index is 918. The van der Waals surface area contributed by atoms with Crippen molar-refractivity contribution in [2.45, 2.75) is 82.2 Å². The van der Waals surface area contributed by atoms with Crippen LogP contribution in [0.1, 0.15) is 64.5 Å². The topological polar surface area (TPSA) is 78.9 Å². The lowest BCUT2D eigenvalue weighted by Gasteiger charge is -2.37. The first-order valence-electron chi connectivity index (χ1n) is 10.2. The molecule has 34 heavy (non-hydrogen) atoms. The Labute approximate surface area is 194 Å². The van der Waals surface area contributed by atoms with Crippen LogP contribution in [-0.4, -0.2) is 44.9 Å². The van der Waals surface area contributed by atoms with Crippen LogP contribution in [0.25, 0.3) is 0 Å². The summed E-state index contributed by atoms with van der Waals surface area (Å²) >= 11 is 0. The van der Waals surface area contributed by atoms with E-state index in [2.05, 4.69) is 13.7 Å². The van der Waals surface area contributed by atoms with Gasteiger partial charge in [0.25, 0.3) is 10.1 Å². The Hall–Kier alpha value is -2.02.